The van der Waals surface area contributed by atoms with E-state index in [0.717, 1.165) is 15.6 Å². The van der Waals surface area contributed by atoms with Gasteiger partial charge in [0, 0.05) is 21.0 Å². The minimum absolute atomic E-state index is 0.156. The van der Waals surface area contributed by atoms with Gasteiger partial charge >= 0.3 is 0 Å². The van der Waals surface area contributed by atoms with E-state index in [1.807, 2.05) is 12.1 Å². The van der Waals surface area contributed by atoms with Crippen LogP contribution in [0.3, 0.4) is 0 Å². The Labute approximate surface area is 145 Å². The largest absolute Gasteiger partial charge is 0.711 e. The summed E-state index contributed by atoms with van der Waals surface area (Å²) in [5.74, 6) is 0.811. The van der Waals surface area contributed by atoms with Crippen molar-refractivity contribution in [1.29, 1.82) is 5.26 Å². The molecule has 0 unspecified atom stereocenters. The average molecular weight is 370 g/mol. The van der Waals surface area contributed by atoms with Crippen molar-refractivity contribution in [2.75, 3.05) is 5.75 Å². The Morgan fingerprint density at radius 1 is 1.45 bits per heavy atom. The van der Waals surface area contributed by atoms with Crippen LogP contribution in [0.25, 0.3) is 5.70 Å². The highest BCUT2D eigenvalue weighted by Crippen LogP contribution is 2.53. The predicted octanol–water partition coefficient (Wildman–Crippen LogP) is 4.30. The second-order valence-electron chi connectivity index (χ2n) is 4.51. The van der Waals surface area contributed by atoms with Crippen LogP contribution in [0.15, 0.2) is 41.2 Å². The summed E-state index contributed by atoms with van der Waals surface area (Å²) in [6, 6.07) is 7.62. The quantitative estimate of drug-likeness (QED) is 0.449. The first-order chi connectivity index (χ1) is 10.6. The average Bonchev–Trinajstić information content (AvgIpc) is 3.10. The summed E-state index contributed by atoms with van der Waals surface area (Å²) in [7, 11) is 0. The number of allylic oxidation sites excluding steroid dienone is 1. The van der Waals surface area contributed by atoms with Gasteiger partial charge in [-0.2, -0.15) is 9.83 Å². The Hall–Kier alpha value is -1.26. The summed E-state index contributed by atoms with van der Waals surface area (Å²) in [4.78, 5) is 0. The number of halogens is 2. The van der Waals surface area contributed by atoms with Crippen LogP contribution in [-0.4, -0.2) is 10.3 Å². The number of hydrogen-bond acceptors (Lipinski definition) is 4. The molecule has 0 N–H and O–H groups in total. The lowest BCUT2D eigenvalue weighted by Crippen LogP contribution is -2.21. The molecule has 0 radical (unpaired) electrons. The third kappa shape index (κ3) is 3.08. The van der Waals surface area contributed by atoms with Gasteiger partial charge < -0.3 is 5.21 Å². The van der Waals surface area contributed by atoms with Crippen LogP contribution in [0.5, 0.6) is 0 Å². The van der Waals surface area contributed by atoms with E-state index in [2.05, 4.69) is 6.07 Å². The standard InChI is InChI=1S/C14H9Cl2N3OS2/c15-9-1-2-10(11(16)5-9)13-7-21-14(22-13)12(6-17)18-3-4-19(20)8-18/h1-5,8,13H,7H2/b14-12+/t13-/m1/s1. The fraction of sp³-hybridized carbons (Fsp3) is 0.143. The highest BCUT2D eigenvalue weighted by Gasteiger charge is 2.29. The number of aromatic nitrogens is 2. The lowest BCUT2D eigenvalue weighted by atomic mass is 10.2. The maximum Gasteiger partial charge on any atom is 0.252 e. The molecular formula is C14H9Cl2N3OS2. The molecule has 1 fully saturated rings. The Bertz CT molecular complexity index is 798. The summed E-state index contributed by atoms with van der Waals surface area (Å²) >= 11 is 15.3. The predicted molar refractivity (Wildman–Crippen MR) is 91.5 cm³/mol. The normalized spacial score (nSPS) is 20.0. The van der Waals surface area contributed by atoms with Crippen molar-refractivity contribution in [3.63, 3.8) is 0 Å². The molecule has 4 nitrogen and oxygen atoms in total. The molecule has 0 bridgehead atoms. The third-order valence-electron chi connectivity index (χ3n) is 3.09. The molecule has 8 heteroatoms. The zero-order valence-electron chi connectivity index (χ0n) is 11.1. The van der Waals surface area contributed by atoms with Crippen LogP contribution in [0, 0.1) is 16.5 Å². The lowest BCUT2D eigenvalue weighted by molar-refractivity contribution is -0.604. The number of rotatable bonds is 2. The smallest absolute Gasteiger partial charge is 0.252 e. The second-order valence-corrected chi connectivity index (χ2v) is 7.86. The molecule has 0 saturated carbocycles. The molecule has 3 rings (SSSR count). The second kappa shape index (κ2) is 6.47. The van der Waals surface area contributed by atoms with E-state index >= 15 is 0 Å². The Kier molecular flexibility index (Phi) is 4.59. The van der Waals surface area contributed by atoms with Gasteiger partial charge in [-0.1, -0.05) is 29.3 Å². The van der Waals surface area contributed by atoms with Crippen molar-refractivity contribution in [3.05, 3.63) is 62.0 Å². The van der Waals surface area contributed by atoms with E-state index in [1.54, 1.807) is 35.8 Å². The van der Waals surface area contributed by atoms with Crippen LogP contribution in [0.2, 0.25) is 10.0 Å². The van der Waals surface area contributed by atoms with E-state index in [0.29, 0.717) is 20.5 Å². The molecule has 1 aliphatic heterocycles. The molecule has 0 aliphatic carbocycles. The van der Waals surface area contributed by atoms with Gasteiger partial charge in [0.2, 0.25) is 5.70 Å². The van der Waals surface area contributed by atoms with E-state index in [-0.39, 0.29) is 5.25 Å². The van der Waals surface area contributed by atoms with E-state index < -0.39 is 0 Å². The van der Waals surface area contributed by atoms with Gasteiger partial charge in [0.1, 0.15) is 18.5 Å². The number of nitrogens with zero attached hydrogens (tertiary/aromatic N) is 3. The van der Waals surface area contributed by atoms with Crippen molar-refractivity contribution in [2.24, 2.45) is 0 Å². The summed E-state index contributed by atoms with van der Waals surface area (Å²) in [5.41, 5.74) is 1.46. The lowest BCUT2D eigenvalue weighted by Gasteiger charge is -2.10. The van der Waals surface area contributed by atoms with Gasteiger partial charge in [0.25, 0.3) is 6.33 Å². The van der Waals surface area contributed by atoms with Crippen molar-refractivity contribution < 1.29 is 4.73 Å². The van der Waals surface area contributed by atoms with E-state index in [4.69, 9.17) is 23.2 Å². The van der Waals surface area contributed by atoms with Crippen molar-refractivity contribution in [2.45, 2.75) is 5.25 Å². The summed E-state index contributed by atoms with van der Waals surface area (Å²) in [5, 5.41) is 22.0. The maximum absolute atomic E-state index is 11.2. The topological polar surface area (TPSA) is 55.7 Å². The summed E-state index contributed by atoms with van der Waals surface area (Å²) < 4.78 is 3.08. The first-order valence-corrected chi connectivity index (χ1v) is 8.86. The zero-order valence-corrected chi connectivity index (χ0v) is 14.2. The van der Waals surface area contributed by atoms with Crippen molar-refractivity contribution in [3.8, 4) is 6.07 Å². The van der Waals surface area contributed by atoms with Gasteiger partial charge in [-0.05, 0) is 17.7 Å². The van der Waals surface area contributed by atoms with Gasteiger partial charge in [-0.25, -0.2) is 4.73 Å². The van der Waals surface area contributed by atoms with Crippen LogP contribution in [0.4, 0.5) is 0 Å². The number of nitriles is 1. The molecular weight excluding hydrogens is 361 g/mol. The Morgan fingerprint density at radius 3 is 2.91 bits per heavy atom. The maximum atomic E-state index is 11.2. The molecule has 1 aromatic carbocycles. The highest BCUT2D eigenvalue weighted by molar-refractivity contribution is 8.25. The SMILES string of the molecule is N#C/C(=C1/SC[C@H](c2ccc(Cl)cc2Cl)S1)n1cc[n+]([O-])c1. The van der Waals surface area contributed by atoms with Crippen LogP contribution < -0.4 is 4.73 Å². The first-order valence-electron chi connectivity index (χ1n) is 6.24. The molecule has 22 heavy (non-hydrogen) atoms. The van der Waals surface area contributed by atoms with E-state index in [1.165, 1.54) is 17.1 Å². The van der Waals surface area contributed by atoms with Crippen LogP contribution >= 0.6 is 46.7 Å². The van der Waals surface area contributed by atoms with Gasteiger partial charge in [-0.3, -0.25) is 0 Å². The van der Waals surface area contributed by atoms with Crippen molar-refractivity contribution in [1.82, 2.24) is 4.57 Å². The number of thioether (sulfide) groups is 2. The van der Waals surface area contributed by atoms with Gasteiger partial charge in [-0.15, -0.1) is 23.5 Å². The highest BCUT2D eigenvalue weighted by atomic mass is 35.5. The minimum atomic E-state index is 0.156. The molecule has 2 aromatic rings. The number of benzene rings is 1. The first kappa shape index (κ1) is 15.6. The fourth-order valence-corrected chi connectivity index (χ4v) is 5.60. The molecule has 1 aliphatic rings. The third-order valence-corrected chi connectivity index (χ3v) is 6.58. The van der Waals surface area contributed by atoms with Crippen LogP contribution in [0.1, 0.15) is 10.8 Å². The molecule has 0 spiro atoms. The zero-order chi connectivity index (χ0) is 15.7. The molecule has 1 aromatic heterocycles. The number of hydrogen-bond donors (Lipinski definition) is 0. The Morgan fingerprint density at radius 2 is 2.27 bits per heavy atom. The molecule has 0 amide bonds. The van der Waals surface area contributed by atoms with E-state index in [9.17, 15) is 10.5 Å². The van der Waals surface area contributed by atoms with Crippen molar-refractivity contribution >= 4 is 52.4 Å². The van der Waals surface area contributed by atoms with Gasteiger partial charge in [0.15, 0.2) is 0 Å². The minimum Gasteiger partial charge on any atom is -0.711 e. The molecule has 1 saturated heterocycles. The summed E-state index contributed by atoms with van der Waals surface area (Å²) in [6.07, 6.45) is 4.26. The molecule has 1 atom stereocenters. The Balaban J connectivity index is 1.90. The van der Waals surface area contributed by atoms with Crippen LogP contribution in [-0.2, 0) is 0 Å². The summed E-state index contributed by atoms with van der Waals surface area (Å²) in [6.45, 7) is 0. The van der Waals surface area contributed by atoms with Gasteiger partial charge in [0.05, 0.1) is 4.24 Å². The molecule has 2 heterocycles. The monoisotopic (exact) mass is 369 g/mol. The fourth-order valence-electron chi connectivity index (χ4n) is 2.07. The number of imidazole rings is 1. The molecule has 112 valence electrons.